The molecule has 4 rings (SSSR count). The van der Waals surface area contributed by atoms with E-state index in [4.69, 9.17) is 28.4 Å². The fourth-order valence-corrected chi connectivity index (χ4v) is 17.9. The van der Waals surface area contributed by atoms with Gasteiger partial charge in [0.1, 0.15) is 17.2 Å². The molecule has 1 aliphatic heterocycles. The quantitative estimate of drug-likeness (QED) is 0.0206. The van der Waals surface area contributed by atoms with Gasteiger partial charge in [-0.15, -0.1) is 0 Å². The second-order valence-corrected chi connectivity index (χ2v) is 38.7. The number of nitrogens with zero attached hydrogens (tertiary/aromatic N) is 3. The lowest BCUT2D eigenvalue weighted by atomic mass is 9.84. The lowest BCUT2D eigenvalue weighted by Gasteiger charge is -2.24. The summed E-state index contributed by atoms with van der Waals surface area (Å²) in [4.78, 5) is 81.4. The van der Waals surface area contributed by atoms with Crippen LogP contribution in [0, 0.1) is 0 Å². The highest BCUT2D eigenvalue weighted by Gasteiger charge is 2.24. The van der Waals surface area contributed by atoms with E-state index in [-0.39, 0.29) is 61.6 Å². The first-order valence-electron chi connectivity index (χ1n) is 56.1. The van der Waals surface area contributed by atoms with Crippen molar-refractivity contribution in [2.75, 3.05) is 98.5 Å². The predicted octanol–water partition coefficient (Wildman–Crippen LogP) is 29.1. The van der Waals surface area contributed by atoms with Crippen LogP contribution in [0.25, 0.3) is 0 Å². The first-order chi connectivity index (χ1) is 65.7. The Bertz CT molecular complexity index is 3220. The van der Waals surface area contributed by atoms with Crippen molar-refractivity contribution in [3.05, 3.63) is 88.5 Å². The van der Waals surface area contributed by atoms with Crippen LogP contribution in [0.3, 0.4) is 0 Å². The van der Waals surface area contributed by atoms with Gasteiger partial charge in [-0.05, 0) is 251 Å². The largest absolute Gasteiger partial charge is 0.466 e. The van der Waals surface area contributed by atoms with Gasteiger partial charge in [-0.25, -0.2) is 0 Å². The number of aliphatic hydroxyl groups excluding tert-OH is 3. The number of carbonyl (C=O) groups excluding carboxylic acids is 6. The lowest BCUT2D eigenvalue weighted by Crippen LogP contribution is -2.29. The molecule has 0 fully saturated rings. The van der Waals surface area contributed by atoms with E-state index in [1.807, 2.05) is 30.3 Å². The van der Waals surface area contributed by atoms with Gasteiger partial charge < -0.3 is 58.4 Å². The number of β-amino-alcohol motifs (C(OH)–C–C–N with tert-alkyl or cyclic N) is 1. The third kappa shape index (κ3) is 73.4. The molecule has 0 aromatic heterocycles. The number of hydrogen-bond donors (Lipinski definition) is 3. The van der Waals surface area contributed by atoms with Crippen LogP contribution in [-0.4, -0.2) is 164 Å². The number of benzene rings is 3. The van der Waals surface area contributed by atoms with Crippen LogP contribution in [0.1, 0.15) is 500 Å². The molecule has 1 atom stereocenters. The average molecular weight is 1880 g/mol. The molecule has 2 bridgehead atoms. The fourth-order valence-electron chi connectivity index (χ4n) is 17.9. The van der Waals surface area contributed by atoms with Gasteiger partial charge in [0.25, 0.3) is 0 Å². The molecule has 3 aromatic carbocycles. The van der Waals surface area contributed by atoms with E-state index in [1.165, 1.54) is 163 Å². The minimum Gasteiger partial charge on any atom is -0.466 e. The maximum atomic E-state index is 13.1. The molecule has 18 nitrogen and oxygen atoms in total. The standard InChI is InChI=1S/C42H73NO5.2C37H65NO5/c1-4-7-10-19-25-37-35-47-41(45)27-20-13-11-15-22-29-43(31-32-44)30-23-16-12-14-21-28-42(46)48-38-33-36(24-17-8-5-2)39(40(37)34-38)26-18-9-6-3;1-3-5-7-8-15-21-32-42-36(40)26-17-11-9-13-19-28-38(30-31-39)29-20-14-10-12-18-27-37(41)43-35-25-22-24-34(33-35)23-16-6-4-2;1-3-5-7-8-15-21-33-42-36(40)23-17-11-9-13-19-29-38(31-32-39)30-20-14-10-12-18-24-37(41)43-35-27-25-34(26-28-35)22-16-6-4-2/h33-34,37,44H,4-32,35H2,1-3H3;22,24-25,33,39H,3-21,23,26-32H2,1-2H3;25-28,39H,3-24,29-33H2,1-2H3. The normalized spacial score (nSPS) is 14.0. The molecule has 1 aliphatic rings. The van der Waals surface area contributed by atoms with Gasteiger partial charge >= 0.3 is 35.8 Å². The number of cyclic esters (lactones) is 1. The summed E-state index contributed by atoms with van der Waals surface area (Å²) >= 11 is 0. The number of hydrogen-bond acceptors (Lipinski definition) is 18. The molecule has 0 amide bonds. The molecule has 0 saturated carbocycles. The van der Waals surface area contributed by atoms with E-state index in [1.54, 1.807) is 0 Å². The second kappa shape index (κ2) is 92.3. The molecule has 134 heavy (non-hydrogen) atoms. The van der Waals surface area contributed by atoms with Crippen LogP contribution in [-0.2, 0) is 68.7 Å². The summed E-state index contributed by atoms with van der Waals surface area (Å²) in [5, 5.41) is 28.4. The molecular formula is C116H203N3O15. The Morgan fingerprint density at radius 2 is 0.746 bits per heavy atom. The van der Waals surface area contributed by atoms with Gasteiger partial charge in [0.05, 0.1) is 39.6 Å². The molecule has 0 spiro atoms. The first-order valence-corrected chi connectivity index (χ1v) is 56.1. The van der Waals surface area contributed by atoms with Gasteiger partial charge in [0.2, 0.25) is 0 Å². The predicted molar refractivity (Wildman–Crippen MR) is 557 cm³/mol. The Hall–Kier alpha value is -5.76. The Kier molecular flexibility index (Phi) is 85.6. The van der Waals surface area contributed by atoms with Crippen molar-refractivity contribution in [3.8, 4) is 17.2 Å². The zero-order chi connectivity index (χ0) is 97.1. The highest BCUT2D eigenvalue weighted by molar-refractivity contribution is 5.74. The number of fused-ring (bicyclic) bond motifs is 2. The number of aryl methyl sites for hydroxylation is 3. The van der Waals surface area contributed by atoms with Crippen LogP contribution >= 0.6 is 0 Å². The maximum absolute atomic E-state index is 13.1. The third-order valence-electron chi connectivity index (χ3n) is 26.3. The highest BCUT2D eigenvalue weighted by atomic mass is 16.6. The summed E-state index contributed by atoms with van der Waals surface area (Å²) in [6.45, 7) is 26.1. The van der Waals surface area contributed by atoms with Crippen LogP contribution in [0.4, 0.5) is 0 Å². The van der Waals surface area contributed by atoms with Crippen LogP contribution < -0.4 is 14.2 Å². The molecule has 3 aromatic rings. The molecule has 0 radical (unpaired) electrons. The number of carbonyl (C=O) groups is 6. The van der Waals surface area contributed by atoms with E-state index < -0.39 is 0 Å². The van der Waals surface area contributed by atoms with Crippen LogP contribution in [0.5, 0.6) is 17.2 Å². The minimum absolute atomic E-state index is 0.0404. The number of rotatable bonds is 75. The number of unbranched alkanes of at least 4 members (excludes halogenated alkanes) is 37. The molecule has 3 N–H and O–H groups in total. The average Bonchev–Trinajstić information content (AvgIpc) is 0.801. The zero-order valence-corrected chi connectivity index (χ0v) is 87.3. The van der Waals surface area contributed by atoms with Gasteiger partial charge in [-0.3, -0.25) is 28.8 Å². The van der Waals surface area contributed by atoms with Crippen LogP contribution in [0.15, 0.2) is 60.7 Å². The van der Waals surface area contributed by atoms with Crippen molar-refractivity contribution in [2.24, 2.45) is 0 Å². The van der Waals surface area contributed by atoms with E-state index in [0.29, 0.717) is 75.6 Å². The monoisotopic (exact) mass is 1880 g/mol. The summed E-state index contributed by atoms with van der Waals surface area (Å²) in [6.07, 6.45) is 73.6. The zero-order valence-electron chi connectivity index (χ0n) is 87.3. The van der Waals surface area contributed by atoms with Crippen LogP contribution in [0.2, 0.25) is 0 Å². The Balaban J connectivity index is 0.000000682. The molecular weight excluding hydrogens is 1680 g/mol. The molecule has 0 saturated heterocycles. The lowest BCUT2D eigenvalue weighted by molar-refractivity contribution is -0.145. The van der Waals surface area contributed by atoms with Crippen molar-refractivity contribution in [2.45, 2.75) is 497 Å². The Morgan fingerprint density at radius 3 is 1.22 bits per heavy atom. The van der Waals surface area contributed by atoms with Gasteiger partial charge in [0.15, 0.2) is 0 Å². The first kappa shape index (κ1) is 124. The van der Waals surface area contributed by atoms with Crippen molar-refractivity contribution < 1.29 is 72.5 Å². The van der Waals surface area contributed by atoms with Crippen molar-refractivity contribution in [1.82, 2.24) is 14.7 Å². The van der Waals surface area contributed by atoms with Gasteiger partial charge in [-0.2, -0.15) is 0 Å². The minimum atomic E-state index is -0.145. The van der Waals surface area contributed by atoms with E-state index in [0.717, 1.165) is 329 Å². The van der Waals surface area contributed by atoms with Gasteiger partial charge in [0, 0.05) is 64.1 Å². The summed E-state index contributed by atoms with van der Waals surface area (Å²) in [6, 6.07) is 20.2. The molecule has 1 heterocycles. The number of ether oxygens (including phenoxy) is 6. The summed E-state index contributed by atoms with van der Waals surface area (Å²) in [5.74, 6) is 1.50. The van der Waals surface area contributed by atoms with E-state index >= 15 is 0 Å². The number of esters is 6. The van der Waals surface area contributed by atoms with Crippen molar-refractivity contribution in [3.63, 3.8) is 0 Å². The maximum Gasteiger partial charge on any atom is 0.311 e. The topological polar surface area (TPSA) is 228 Å². The Labute approximate surface area is 820 Å². The molecule has 1 unspecified atom stereocenters. The van der Waals surface area contributed by atoms with Gasteiger partial charge in [-0.1, -0.05) is 330 Å². The smallest absolute Gasteiger partial charge is 0.311 e. The van der Waals surface area contributed by atoms with E-state index in [9.17, 15) is 44.1 Å². The summed E-state index contributed by atoms with van der Waals surface area (Å²) in [7, 11) is 0. The Morgan fingerprint density at radius 1 is 0.358 bits per heavy atom. The fraction of sp³-hybridized carbons (Fsp3) is 0.793. The molecule has 0 aliphatic carbocycles. The molecule has 772 valence electrons. The second-order valence-electron chi connectivity index (χ2n) is 38.7. The summed E-state index contributed by atoms with van der Waals surface area (Å²) in [5.41, 5.74) is 6.52. The summed E-state index contributed by atoms with van der Waals surface area (Å²) < 4.78 is 33.9. The number of aliphatic hydroxyl groups is 3. The van der Waals surface area contributed by atoms with Crippen molar-refractivity contribution >= 4 is 35.8 Å². The molecule has 18 heteroatoms. The van der Waals surface area contributed by atoms with Crippen molar-refractivity contribution in [1.29, 1.82) is 0 Å². The SMILES string of the molecule is CCCCCCC1COC(=O)CCCCCCCN(CCO)CCCCCCCC(=O)Oc2cc(CCCCC)c(CCCCC)c1c2.CCCCCCCCOC(=O)CCCCCCCN(CCO)CCCCCCCC(=O)Oc1ccc(CCCCC)cc1.CCCCCCCCOC(=O)CCCCCCCN(CCO)CCCCCCCC(=O)Oc1cccc(CCCCC)c1. The third-order valence-corrected chi connectivity index (χ3v) is 26.3. The highest BCUT2D eigenvalue weighted by Crippen LogP contribution is 2.36. The van der Waals surface area contributed by atoms with E-state index in [2.05, 4.69) is 93.5 Å².